The summed E-state index contributed by atoms with van der Waals surface area (Å²) in [7, 11) is 3.71. The van der Waals surface area contributed by atoms with Crippen molar-refractivity contribution in [3.8, 4) is 0 Å². The number of carboxylic acids is 1. The first-order valence-corrected chi connectivity index (χ1v) is 6.32. The molecule has 1 aliphatic heterocycles. The van der Waals surface area contributed by atoms with E-state index >= 15 is 0 Å². The third-order valence-electron chi connectivity index (χ3n) is 2.99. The molecule has 1 heterocycles. The molecule has 2 amide bonds. The SMILES string of the molecule is CN(C)CCN(CC(=O)O)C(=O)CN1CCCC1=O. The van der Waals surface area contributed by atoms with Crippen molar-refractivity contribution in [3.05, 3.63) is 0 Å². The van der Waals surface area contributed by atoms with Gasteiger partial charge < -0.3 is 19.8 Å². The summed E-state index contributed by atoms with van der Waals surface area (Å²) >= 11 is 0. The van der Waals surface area contributed by atoms with Gasteiger partial charge in [-0.3, -0.25) is 14.4 Å². The average Bonchev–Trinajstić information content (AvgIpc) is 2.69. The maximum Gasteiger partial charge on any atom is 0.323 e. The molecule has 0 unspecified atom stereocenters. The second-order valence-electron chi connectivity index (χ2n) is 4.93. The fourth-order valence-corrected chi connectivity index (χ4v) is 1.91. The number of nitrogens with zero attached hydrogens (tertiary/aromatic N) is 3. The third kappa shape index (κ3) is 5.25. The van der Waals surface area contributed by atoms with Crippen molar-refractivity contribution in [2.45, 2.75) is 12.8 Å². The number of aliphatic carboxylic acids is 1. The molecule has 0 aromatic rings. The Morgan fingerprint density at radius 2 is 2.00 bits per heavy atom. The number of amides is 2. The van der Waals surface area contributed by atoms with E-state index in [1.165, 1.54) is 9.80 Å². The van der Waals surface area contributed by atoms with Gasteiger partial charge in [0.15, 0.2) is 0 Å². The first kappa shape index (κ1) is 15.4. The van der Waals surface area contributed by atoms with Crippen LogP contribution in [0.15, 0.2) is 0 Å². The van der Waals surface area contributed by atoms with Gasteiger partial charge in [-0.05, 0) is 20.5 Å². The molecule has 19 heavy (non-hydrogen) atoms. The van der Waals surface area contributed by atoms with Crippen molar-refractivity contribution in [3.63, 3.8) is 0 Å². The van der Waals surface area contributed by atoms with Crippen LogP contribution in [0.2, 0.25) is 0 Å². The molecule has 0 bridgehead atoms. The van der Waals surface area contributed by atoms with Crippen molar-refractivity contribution < 1.29 is 19.5 Å². The Bertz CT molecular complexity index is 357. The molecule has 1 rings (SSSR count). The van der Waals surface area contributed by atoms with Gasteiger partial charge in [0, 0.05) is 26.1 Å². The number of hydrogen-bond donors (Lipinski definition) is 1. The highest BCUT2D eigenvalue weighted by atomic mass is 16.4. The van der Waals surface area contributed by atoms with Crippen LogP contribution < -0.4 is 0 Å². The number of likely N-dealkylation sites (N-methyl/N-ethyl adjacent to an activating group) is 1. The van der Waals surface area contributed by atoms with Crippen LogP contribution >= 0.6 is 0 Å². The summed E-state index contributed by atoms with van der Waals surface area (Å²) in [6, 6.07) is 0. The molecular formula is C12H21N3O4. The molecule has 0 radical (unpaired) electrons. The number of hydrogen-bond acceptors (Lipinski definition) is 4. The maximum absolute atomic E-state index is 12.0. The number of carbonyl (C=O) groups is 3. The Kier molecular flexibility index (Phi) is 5.75. The molecule has 1 aliphatic rings. The Morgan fingerprint density at radius 1 is 1.32 bits per heavy atom. The lowest BCUT2D eigenvalue weighted by Crippen LogP contribution is -2.45. The van der Waals surface area contributed by atoms with Crippen LogP contribution in [0.25, 0.3) is 0 Å². The summed E-state index contributed by atoms with van der Waals surface area (Å²) in [4.78, 5) is 38.9. The first-order valence-electron chi connectivity index (χ1n) is 6.32. The van der Waals surface area contributed by atoms with Gasteiger partial charge in [-0.15, -0.1) is 0 Å². The Balaban J connectivity index is 2.54. The normalized spacial score (nSPS) is 15.1. The molecule has 108 valence electrons. The summed E-state index contributed by atoms with van der Waals surface area (Å²) < 4.78 is 0. The fourth-order valence-electron chi connectivity index (χ4n) is 1.91. The fraction of sp³-hybridized carbons (Fsp3) is 0.750. The van der Waals surface area contributed by atoms with Crippen molar-refractivity contribution in [2.75, 3.05) is 46.8 Å². The van der Waals surface area contributed by atoms with E-state index in [1.54, 1.807) is 0 Å². The standard InChI is InChI=1S/C12H21N3O4/c1-13(2)6-7-15(9-12(18)19)11(17)8-14-5-3-4-10(14)16/h3-9H2,1-2H3,(H,18,19). The second kappa shape index (κ2) is 7.08. The summed E-state index contributed by atoms with van der Waals surface area (Å²) in [5.74, 6) is -1.38. The van der Waals surface area contributed by atoms with Crippen LogP contribution in [-0.2, 0) is 14.4 Å². The Labute approximate surface area is 112 Å². The van der Waals surface area contributed by atoms with Gasteiger partial charge in [0.25, 0.3) is 0 Å². The molecular weight excluding hydrogens is 250 g/mol. The van der Waals surface area contributed by atoms with Crippen LogP contribution in [0, 0.1) is 0 Å². The number of likely N-dealkylation sites (tertiary alicyclic amines) is 1. The first-order chi connectivity index (χ1) is 8.90. The molecule has 7 nitrogen and oxygen atoms in total. The minimum atomic E-state index is -1.04. The van der Waals surface area contributed by atoms with Crippen LogP contribution in [0.3, 0.4) is 0 Å². The van der Waals surface area contributed by atoms with Crippen molar-refractivity contribution >= 4 is 17.8 Å². The zero-order chi connectivity index (χ0) is 14.4. The smallest absolute Gasteiger partial charge is 0.323 e. The van der Waals surface area contributed by atoms with Crippen LogP contribution in [0.1, 0.15) is 12.8 Å². The van der Waals surface area contributed by atoms with E-state index in [4.69, 9.17) is 5.11 Å². The summed E-state index contributed by atoms with van der Waals surface area (Å²) in [6.07, 6.45) is 1.24. The zero-order valence-corrected chi connectivity index (χ0v) is 11.5. The molecule has 7 heteroatoms. The van der Waals surface area contributed by atoms with Gasteiger partial charge in [0.1, 0.15) is 6.54 Å². The van der Waals surface area contributed by atoms with E-state index in [-0.39, 0.29) is 24.9 Å². The topological polar surface area (TPSA) is 81.2 Å². The van der Waals surface area contributed by atoms with Gasteiger partial charge in [0.05, 0.1) is 6.54 Å². The summed E-state index contributed by atoms with van der Waals surface area (Å²) in [5.41, 5.74) is 0. The van der Waals surface area contributed by atoms with E-state index < -0.39 is 5.97 Å². The monoisotopic (exact) mass is 271 g/mol. The second-order valence-corrected chi connectivity index (χ2v) is 4.93. The lowest BCUT2D eigenvalue weighted by Gasteiger charge is -2.25. The van der Waals surface area contributed by atoms with Crippen LogP contribution in [0.5, 0.6) is 0 Å². The van der Waals surface area contributed by atoms with E-state index in [2.05, 4.69) is 0 Å². The number of carbonyl (C=O) groups excluding carboxylic acids is 2. The zero-order valence-electron chi connectivity index (χ0n) is 11.5. The largest absolute Gasteiger partial charge is 0.480 e. The van der Waals surface area contributed by atoms with Crippen molar-refractivity contribution in [1.82, 2.24) is 14.7 Å². The molecule has 1 fully saturated rings. The van der Waals surface area contributed by atoms with Crippen molar-refractivity contribution in [2.24, 2.45) is 0 Å². The molecule has 0 spiro atoms. The van der Waals surface area contributed by atoms with Gasteiger partial charge in [-0.25, -0.2) is 0 Å². The number of rotatable bonds is 7. The molecule has 0 aromatic carbocycles. The van der Waals surface area contributed by atoms with Gasteiger partial charge in [-0.1, -0.05) is 0 Å². The van der Waals surface area contributed by atoms with E-state index in [9.17, 15) is 14.4 Å². The molecule has 0 aliphatic carbocycles. The highest BCUT2D eigenvalue weighted by Crippen LogP contribution is 2.09. The highest BCUT2D eigenvalue weighted by molar-refractivity contribution is 5.87. The van der Waals surface area contributed by atoms with E-state index in [1.807, 2.05) is 19.0 Å². The summed E-state index contributed by atoms with van der Waals surface area (Å²) in [5, 5.41) is 8.82. The minimum absolute atomic E-state index is 0.0143. The van der Waals surface area contributed by atoms with Gasteiger partial charge >= 0.3 is 5.97 Å². The molecule has 1 N–H and O–H groups in total. The molecule has 0 saturated carbocycles. The average molecular weight is 271 g/mol. The minimum Gasteiger partial charge on any atom is -0.480 e. The maximum atomic E-state index is 12.0. The summed E-state index contributed by atoms with van der Waals surface area (Å²) in [6.45, 7) is 1.18. The number of carboxylic acid groups (broad SMARTS) is 1. The van der Waals surface area contributed by atoms with Crippen LogP contribution in [0.4, 0.5) is 0 Å². The highest BCUT2D eigenvalue weighted by Gasteiger charge is 2.25. The lowest BCUT2D eigenvalue weighted by molar-refractivity contribution is -0.146. The predicted molar refractivity (Wildman–Crippen MR) is 68.6 cm³/mol. The Hall–Kier alpha value is -1.63. The van der Waals surface area contributed by atoms with Gasteiger partial charge in [-0.2, -0.15) is 0 Å². The van der Waals surface area contributed by atoms with Crippen molar-refractivity contribution in [1.29, 1.82) is 0 Å². The predicted octanol–water partition coefficient (Wildman–Crippen LogP) is -0.916. The third-order valence-corrected chi connectivity index (χ3v) is 2.99. The lowest BCUT2D eigenvalue weighted by atomic mass is 10.4. The van der Waals surface area contributed by atoms with E-state index in [0.29, 0.717) is 26.1 Å². The van der Waals surface area contributed by atoms with Gasteiger partial charge in [0.2, 0.25) is 11.8 Å². The molecule has 0 atom stereocenters. The van der Waals surface area contributed by atoms with E-state index in [0.717, 1.165) is 6.42 Å². The molecule has 0 aromatic heterocycles. The quantitative estimate of drug-likeness (QED) is 0.648. The Morgan fingerprint density at radius 3 is 2.47 bits per heavy atom. The van der Waals surface area contributed by atoms with Crippen LogP contribution in [-0.4, -0.2) is 84.4 Å². The molecule has 1 saturated heterocycles.